The highest BCUT2D eigenvalue weighted by atomic mass is 79.9. The number of nitrogens with zero attached hydrogens (tertiary/aromatic N) is 1. The number of halogens is 1. The van der Waals surface area contributed by atoms with Crippen molar-refractivity contribution in [2.45, 2.75) is 24.8 Å². The molecule has 0 amide bonds. The van der Waals surface area contributed by atoms with Gasteiger partial charge in [-0.1, -0.05) is 28.1 Å². The second-order valence-electron chi connectivity index (χ2n) is 5.47. The highest BCUT2D eigenvalue weighted by Crippen LogP contribution is 2.37. The second-order valence-corrected chi connectivity index (χ2v) is 8.69. The van der Waals surface area contributed by atoms with Gasteiger partial charge in [0.2, 0.25) is 10.0 Å². The number of sulfonamides is 1. The first kappa shape index (κ1) is 15.9. The lowest BCUT2D eigenvalue weighted by Crippen LogP contribution is -2.43. The molecule has 1 fully saturated rings. The van der Waals surface area contributed by atoms with E-state index in [2.05, 4.69) is 45.5 Å². The largest absolute Gasteiger partial charge is 0.313 e. The monoisotopic (exact) mass is 360 g/mol. The first-order valence-corrected chi connectivity index (χ1v) is 9.18. The zero-order chi connectivity index (χ0) is 14.8. The molecule has 0 spiro atoms. The van der Waals surface area contributed by atoms with Crippen LogP contribution in [0.3, 0.4) is 0 Å². The normalized spacial score (nSPS) is 22.8. The summed E-state index contributed by atoms with van der Waals surface area (Å²) < 4.78 is 25.6. The average molecular weight is 361 g/mol. The Hall–Kier alpha value is -0.430. The molecule has 0 radical (unpaired) electrons. The van der Waals surface area contributed by atoms with E-state index in [1.54, 1.807) is 14.1 Å². The summed E-state index contributed by atoms with van der Waals surface area (Å²) in [6, 6.07) is 8.89. The SMILES string of the molecule is CN(C)S(=O)(=O)CCNC1CC(c2ccc(Br)cc2)C1. The van der Waals surface area contributed by atoms with Crippen molar-refractivity contribution in [1.82, 2.24) is 9.62 Å². The van der Waals surface area contributed by atoms with Gasteiger partial charge in [-0.15, -0.1) is 0 Å². The topological polar surface area (TPSA) is 49.4 Å². The summed E-state index contributed by atoms with van der Waals surface area (Å²) >= 11 is 3.44. The molecule has 1 N–H and O–H groups in total. The fourth-order valence-corrected chi connectivity index (χ4v) is 3.37. The molecule has 0 heterocycles. The van der Waals surface area contributed by atoms with Crippen LogP contribution in [0.2, 0.25) is 0 Å². The Labute approximate surface area is 129 Å². The summed E-state index contributed by atoms with van der Waals surface area (Å²) in [6.45, 7) is 0.526. The van der Waals surface area contributed by atoms with Gasteiger partial charge in [-0.2, -0.15) is 0 Å². The van der Waals surface area contributed by atoms with Crippen LogP contribution < -0.4 is 5.32 Å². The van der Waals surface area contributed by atoms with Gasteiger partial charge in [0.15, 0.2) is 0 Å². The molecule has 1 aliphatic rings. The lowest BCUT2D eigenvalue weighted by atomic mass is 9.76. The Balaban J connectivity index is 1.71. The van der Waals surface area contributed by atoms with Crippen LogP contribution in [0.25, 0.3) is 0 Å². The smallest absolute Gasteiger partial charge is 0.214 e. The van der Waals surface area contributed by atoms with Crippen LogP contribution in [0.1, 0.15) is 24.3 Å². The summed E-state index contributed by atoms with van der Waals surface area (Å²) in [6.07, 6.45) is 2.17. The molecular weight excluding hydrogens is 340 g/mol. The fraction of sp³-hybridized carbons (Fsp3) is 0.571. The summed E-state index contributed by atoms with van der Waals surface area (Å²) in [5, 5.41) is 3.33. The molecule has 1 saturated carbocycles. The first-order valence-electron chi connectivity index (χ1n) is 6.77. The molecule has 6 heteroatoms. The highest BCUT2D eigenvalue weighted by Gasteiger charge is 2.30. The van der Waals surface area contributed by atoms with Crippen LogP contribution in [0, 0.1) is 0 Å². The van der Waals surface area contributed by atoms with Crippen LogP contribution in [0.5, 0.6) is 0 Å². The zero-order valence-corrected chi connectivity index (χ0v) is 14.2. The number of nitrogens with one attached hydrogen (secondary N) is 1. The van der Waals surface area contributed by atoms with E-state index < -0.39 is 10.0 Å². The first-order chi connectivity index (χ1) is 9.38. The van der Waals surface area contributed by atoms with Gasteiger partial charge in [0.05, 0.1) is 5.75 Å². The van der Waals surface area contributed by atoms with E-state index in [0.29, 0.717) is 18.5 Å². The molecule has 20 heavy (non-hydrogen) atoms. The molecule has 0 aliphatic heterocycles. The quantitative estimate of drug-likeness (QED) is 0.845. The molecule has 0 unspecified atom stereocenters. The lowest BCUT2D eigenvalue weighted by Gasteiger charge is -2.36. The predicted octanol–water partition coefficient (Wildman–Crippen LogP) is 2.18. The molecule has 0 saturated heterocycles. The van der Waals surface area contributed by atoms with Crippen molar-refractivity contribution in [3.05, 3.63) is 34.3 Å². The molecular formula is C14H21BrN2O2S. The van der Waals surface area contributed by atoms with Crippen molar-refractivity contribution in [2.75, 3.05) is 26.4 Å². The molecule has 1 aromatic carbocycles. The minimum Gasteiger partial charge on any atom is -0.313 e. The van der Waals surface area contributed by atoms with Gasteiger partial charge in [-0.3, -0.25) is 0 Å². The van der Waals surface area contributed by atoms with E-state index in [-0.39, 0.29) is 5.75 Å². The maximum absolute atomic E-state index is 11.6. The fourth-order valence-electron chi connectivity index (χ4n) is 2.37. The molecule has 0 atom stereocenters. The summed E-state index contributed by atoms with van der Waals surface area (Å²) in [4.78, 5) is 0. The maximum atomic E-state index is 11.6. The standard InChI is InChI=1S/C14H21BrN2O2S/c1-17(2)20(18,19)8-7-16-14-9-12(10-14)11-3-5-13(15)6-4-11/h3-6,12,14,16H,7-10H2,1-2H3. The predicted molar refractivity (Wildman–Crippen MR) is 85.4 cm³/mol. The van der Waals surface area contributed by atoms with Crippen LogP contribution in [0.15, 0.2) is 28.7 Å². The van der Waals surface area contributed by atoms with Gasteiger partial charge in [0.1, 0.15) is 0 Å². The summed E-state index contributed by atoms with van der Waals surface area (Å²) in [5.74, 6) is 0.769. The van der Waals surface area contributed by atoms with Crippen molar-refractivity contribution < 1.29 is 8.42 Å². The van der Waals surface area contributed by atoms with E-state index in [9.17, 15) is 8.42 Å². The van der Waals surface area contributed by atoms with Crippen LogP contribution in [0.4, 0.5) is 0 Å². The van der Waals surface area contributed by atoms with E-state index in [1.807, 2.05) is 0 Å². The molecule has 4 nitrogen and oxygen atoms in total. The number of benzene rings is 1. The van der Waals surface area contributed by atoms with Crippen LogP contribution >= 0.6 is 15.9 Å². The van der Waals surface area contributed by atoms with Crippen molar-refractivity contribution >= 4 is 26.0 Å². The van der Waals surface area contributed by atoms with Crippen molar-refractivity contribution in [3.8, 4) is 0 Å². The third-order valence-electron chi connectivity index (χ3n) is 3.83. The van der Waals surface area contributed by atoms with Gasteiger partial charge in [-0.05, 0) is 36.5 Å². The third-order valence-corrected chi connectivity index (χ3v) is 6.19. The summed E-state index contributed by atoms with van der Waals surface area (Å²) in [7, 11) is 0.0605. The van der Waals surface area contributed by atoms with E-state index in [0.717, 1.165) is 17.3 Å². The highest BCUT2D eigenvalue weighted by molar-refractivity contribution is 9.10. The number of hydrogen-bond acceptors (Lipinski definition) is 3. The van der Waals surface area contributed by atoms with Gasteiger partial charge in [0.25, 0.3) is 0 Å². The van der Waals surface area contributed by atoms with Crippen molar-refractivity contribution in [3.63, 3.8) is 0 Å². The molecule has 2 rings (SSSR count). The molecule has 112 valence electrons. The average Bonchev–Trinajstić information content (AvgIpc) is 2.33. The third kappa shape index (κ3) is 4.04. The Morgan fingerprint density at radius 2 is 1.85 bits per heavy atom. The molecule has 1 aromatic rings. The Morgan fingerprint density at radius 1 is 1.25 bits per heavy atom. The second kappa shape index (κ2) is 6.56. The van der Waals surface area contributed by atoms with Crippen molar-refractivity contribution in [2.24, 2.45) is 0 Å². The minimum absolute atomic E-state index is 0.166. The van der Waals surface area contributed by atoms with E-state index >= 15 is 0 Å². The van der Waals surface area contributed by atoms with Gasteiger partial charge < -0.3 is 5.32 Å². The van der Waals surface area contributed by atoms with Gasteiger partial charge in [0, 0.05) is 31.2 Å². The number of hydrogen-bond donors (Lipinski definition) is 1. The van der Waals surface area contributed by atoms with E-state index in [4.69, 9.17) is 0 Å². The maximum Gasteiger partial charge on any atom is 0.214 e. The van der Waals surface area contributed by atoms with Crippen LogP contribution in [-0.4, -0.2) is 45.2 Å². The van der Waals surface area contributed by atoms with Gasteiger partial charge >= 0.3 is 0 Å². The Bertz CT molecular complexity index is 537. The Morgan fingerprint density at radius 3 is 2.40 bits per heavy atom. The lowest BCUT2D eigenvalue weighted by molar-refractivity contribution is 0.296. The zero-order valence-electron chi connectivity index (χ0n) is 11.8. The van der Waals surface area contributed by atoms with Crippen LogP contribution in [-0.2, 0) is 10.0 Å². The number of rotatable bonds is 6. The molecule has 1 aliphatic carbocycles. The molecule has 0 aromatic heterocycles. The minimum atomic E-state index is -3.08. The Kier molecular flexibility index (Phi) is 5.23. The van der Waals surface area contributed by atoms with Crippen molar-refractivity contribution in [1.29, 1.82) is 0 Å². The molecule has 0 bridgehead atoms. The van der Waals surface area contributed by atoms with E-state index in [1.165, 1.54) is 9.87 Å². The van der Waals surface area contributed by atoms with Gasteiger partial charge in [-0.25, -0.2) is 12.7 Å². The summed E-state index contributed by atoms with van der Waals surface area (Å²) in [5.41, 5.74) is 1.37.